The van der Waals surface area contributed by atoms with Crippen molar-refractivity contribution in [2.45, 2.75) is 122 Å². The molecule has 4 amide bonds. The second-order valence-electron chi connectivity index (χ2n) is 15.6. The van der Waals surface area contributed by atoms with Gasteiger partial charge in [0.15, 0.2) is 0 Å². The first-order valence-corrected chi connectivity index (χ1v) is 19.2. The van der Waals surface area contributed by atoms with Gasteiger partial charge in [-0.2, -0.15) is 0 Å². The fourth-order valence-electron chi connectivity index (χ4n) is 7.19. The van der Waals surface area contributed by atoms with Crippen LogP contribution in [0.4, 0.5) is 0 Å². The first kappa shape index (κ1) is 41.3. The van der Waals surface area contributed by atoms with Crippen molar-refractivity contribution >= 4 is 29.6 Å². The number of ether oxygens (including phenoxy) is 1. The van der Waals surface area contributed by atoms with Crippen LogP contribution in [0.1, 0.15) is 113 Å². The summed E-state index contributed by atoms with van der Waals surface area (Å²) in [6.45, 7) is 8.56. The summed E-state index contributed by atoms with van der Waals surface area (Å²) < 4.78 is 5.71. The molecule has 12 heteroatoms. The van der Waals surface area contributed by atoms with Crippen LogP contribution < -0.4 is 26.0 Å². The summed E-state index contributed by atoms with van der Waals surface area (Å²) in [5.41, 5.74) is 1.53. The normalized spacial score (nSPS) is 17.9. The Kier molecular flexibility index (Phi) is 15.7. The van der Waals surface area contributed by atoms with E-state index in [0.717, 1.165) is 37.7 Å². The predicted molar refractivity (Wildman–Crippen MR) is 201 cm³/mol. The van der Waals surface area contributed by atoms with Crippen molar-refractivity contribution in [3.63, 3.8) is 0 Å². The van der Waals surface area contributed by atoms with Crippen LogP contribution in [0, 0.1) is 17.8 Å². The second kappa shape index (κ2) is 20.1. The van der Waals surface area contributed by atoms with Gasteiger partial charge in [-0.15, -0.1) is 0 Å². The number of hydrogen-bond donors (Lipinski definition) is 6. The SMILES string of the molecule is CC(C)CNC(=O)C[C@H](O)[C@H](CC1CCCCC1)NC(=O)[C@H](CC(C)C)NC(=O)[C@H](Cc1ccccc1)NC(=O)CC1COc2ccc(C(=O)O)cc21. The number of carboxylic acids is 1. The molecular formula is C41H58N4O8. The quantitative estimate of drug-likeness (QED) is 0.122. The fraction of sp³-hybridized carbons (Fsp3) is 0.585. The Bertz CT molecular complexity index is 1540. The molecular weight excluding hydrogens is 676 g/mol. The number of carboxylic acid groups (broad SMARTS) is 1. The molecule has 2 aliphatic rings. The van der Waals surface area contributed by atoms with E-state index < -0.39 is 53.8 Å². The first-order valence-electron chi connectivity index (χ1n) is 19.2. The summed E-state index contributed by atoms with van der Waals surface area (Å²) in [4.78, 5) is 65.8. The van der Waals surface area contributed by atoms with Crippen LogP contribution in [-0.4, -0.2) is 77.2 Å². The van der Waals surface area contributed by atoms with E-state index in [0.29, 0.717) is 36.6 Å². The van der Waals surface area contributed by atoms with E-state index in [1.165, 1.54) is 12.1 Å². The van der Waals surface area contributed by atoms with Gasteiger partial charge in [0.25, 0.3) is 0 Å². The minimum Gasteiger partial charge on any atom is -0.493 e. The highest BCUT2D eigenvalue weighted by Crippen LogP contribution is 2.36. The van der Waals surface area contributed by atoms with E-state index in [-0.39, 0.29) is 49.2 Å². The first-order chi connectivity index (χ1) is 25.3. The maximum absolute atomic E-state index is 14.0. The number of carbonyl (C=O) groups excluding carboxylic acids is 4. The third-order valence-corrected chi connectivity index (χ3v) is 10.0. The van der Waals surface area contributed by atoms with Gasteiger partial charge in [-0.3, -0.25) is 19.2 Å². The van der Waals surface area contributed by atoms with Gasteiger partial charge in [0.1, 0.15) is 17.8 Å². The molecule has 0 saturated heterocycles. The Morgan fingerprint density at radius 3 is 2.19 bits per heavy atom. The van der Waals surface area contributed by atoms with E-state index in [2.05, 4.69) is 21.3 Å². The number of aromatic carboxylic acids is 1. The fourth-order valence-corrected chi connectivity index (χ4v) is 7.19. The molecule has 4 rings (SSSR count). The van der Waals surface area contributed by atoms with Crippen LogP contribution in [0.5, 0.6) is 5.75 Å². The average molecular weight is 735 g/mol. The van der Waals surface area contributed by atoms with Crippen molar-refractivity contribution in [1.82, 2.24) is 21.3 Å². The summed E-state index contributed by atoms with van der Waals surface area (Å²) in [5, 5.41) is 32.4. The van der Waals surface area contributed by atoms with Crippen LogP contribution in [0.25, 0.3) is 0 Å². The molecule has 1 saturated carbocycles. The van der Waals surface area contributed by atoms with Crippen LogP contribution in [0.2, 0.25) is 0 Å². The van der Waals surface area contributed by atoms with Crippen LogP contribution in [-0.2, 0) is 25.6 Å². The van der Waals surface area contributed by atoms with Crippen molar-refractivity contribution in [3.8, 4) is 5.75 Å². The topological polar surface area (TPSA) is 183 Å². The van der Waals surface area contributed by atoms with E-state index in [9.17, 15) is 34.2 Å². The molecule has 0 aromatic heterocycles. The number of fused-ring (bicyclic) bond motifs is 1. The van der Waals surface area contributed by atoms with Gasteiger partial charge in [0, 0.05) is 30.9 Å². The molecule has 1 fully saturated rings. The lowest BCUT2D eigenvalue weighted by molar-refractivity contribution is -0.133. The lowest BCUT2D eigenvalue weighted by Crippen LogP contribution is -2.57. The number of aliphatic hydroxyl groups excluding tert-OH is 1. The minimum atomic E-state index is -1.11. The van der Waals surface area contributed by atoms with Gasteiger partial charge in [-0.25, -0.2) is 4.79 Å². The summed E-state index contributed by atoms with van der Waals surface area (Å²) in [5.74, 6) is -2.05. The summed E-state index contributed by atoms with van der Waals surface area (Å²) in [7, 11) is 0. The number of benzene rings is 2. The highest BCUT2D eigenvalue weighted by molar-refractivity contribution is 5.93. The molecule has 0 bridgehead atoms. The Morgan fingerprint density at radius 1 is 0.830 bits per heavy atom. The molecule has 1 aliphatic heterocycles. The number of carbonyl (C=O) groups is 5. The molecule has 290 valence electrons. The Hall–Kier alpha value is -4.45. The van der Waals surface area contributed by atoms with E-state index in [4.69, 9.17) is 4.74 Å². The lowest BCUT2D eigenvalue weighted by Gasteiger charge is -2.32. The molecule has 2 aromatic carbocycles. The smallest absolute Gasteiger partial charge is 0.335 e. The Balaban J connectivity index is 1.49. The van der Waals surface area contributed by atoms with Gasteiger partial charge in [-0.1, -0.05) is 90.1 Å². The molecule has 1 heterocycles. The van der Waals surface area contributed by atoms with E-state index in [1.54, 1.807) is 6.07 Å². The van der Waals surface area contributed by atoms with Crippen molar-refractivity contribution in [3.05, 3.63) is 65.2 Å². The molecule has 53 heavy (non-hydrogen) atoms. The molecule has 0 spiro atoms. The second-order valence-corrected chi connectivity index (χ2v) is 15.6. The zero-order valence-electron chi connectivity index (χ0n) is 31.6. The summed E-state index contributed by atoms with van der Waals surface area (Å²) in [6.07, 6.45) is 5.03. The third kappa shape index (κ3) is 13.2. The number of hydrogen-bond acceptors (Lipinski definition) is 7. The van der Waals surface area contributed by atoms with Crippen molar-refractivity contribution in [1.29, 1.82) is 0 Å². The highest BCUT2D eigenvalue weighted by atomic mass is 16.5. The van der Waals surface area contributed by atoms with E-state index >= 15 is 0 Å². The molecule has 1 aliphatic carbocycles. The lowest BCUT2D eigenvalue weighted by atomic mass is 9.83. The molecule has 1 unspecified atom stereocenters. The van der Waals surface area contributed by atoms with Gasteiger partial charge in [-0.05, 0) is 54.4 Å². The van der Waals surface area contributed by atoms with Crippen molar-refractivity contribution in [2.24, 2.45) is 17.8 Å². The van der Waals surface area contributed by atoms with Crippen LogP contribution in [0.15, 0.2) is 48.5 Å². The van der Waals surface area contributed by atoms with Gasteiger partial charge in [0.05, 0.1) is 30.7 Å². The average Bonchev–Trinajstić information content (AvgIpc) is 3.51. The maximum atomic E-state index is 14.0. The zero-order valence-corrected chi connectivity index (χ0v) is 31.6. The van der Waals surface area contributed by atoms with Gasteiger partial charge in [0.2, 0.25) is 23.6 Å². The number of nitrogens with one attached hydrogen (secondary N) is 4. The van der Waals surface area contributed by atoms with E-state index in [1.807, 2.05) is 58.0 Å². The molecule has 5 atom stereocenters. The van der Waals surface area contributed by atoms with Crippen LogP contribution in [0.3, 0.4) is 0 Å². The molecule has 2 aromatic rings. The standard InChI is InChI=1S/C41H58N4O8/c1-25(2)17-33(39(49)44-32(18-27-11-7-5-8-12-27)35(46)22-37(47)42-23-26(3)4)45-40(50)34(19-28-13-9-6-10-14-28)43-38(48)21-30-24-53-36-16-15-29(41(51)52)20-31(30)36/h6,9-10,13-16,20,25-27,30,32-35,46H,5,7-8,11-12,17-19,21-24H2,1-4H3,(H,42,47)(H,43,48)(H,44,49)(H,45,50)(H,51,52)/t30?,32-,33-,34-,35-/m0/s1. The molecule has 0 radical (unpaired) electrons. The molecule has 6 N–H and O–H groups in total. The van der Waals surface area contributed by atoms with Crippen LogP contribution >= 0.6 is 0 Å². The van der Waals surface area contributed by atoms with Crippen molar-refractivity contribution < 1.29 is 38.9 Å². The third-order valence-electron chi connectivity index (χ3n) is 10.0. The number of aliphatic hydroxyl groups is 1. The summed E-state index contributed by atoms with van der Waals surface area (Å²) in [6, 6.07) is 11.1. The largest absolute Gasteiger partial charge is 0.493 e. The Morgan fingerprint density at radius 2 is 1.53 bits per heavy atom. The number of amides is 4. The Labute approximate surface area is 313 Å². The van der Waals surface area contributed by atoms with Crippen molar-refractivity contribution in [2.75, 3.05) is 13.2 Å². The monoisotopic (exact) mass is 734 g/mol. The highest BCUT2D eigenvalue weighted by Gasteiger charge is 2.34. The maximum Gasteiger partial charge on any atom is 0.335 e. The number of rotatable bonds is 19. The van der Waals surface area contributed by atoms with Gasteiger partial charge >= 0.3 is 5.97 Å². The zero-order chi connectivity index (χ0) is 38.5. The predicted octanol–water partition coefficient (Wildman–Crippen LogP) is 4.49. The minimum absolute atomic E-state index is 0.0230. The summed E-state index contributed by atoms with van der Waals surface area (Å²) >= 11 is 0. The molecule has 12 nitrogen and oxygen atoms in total. The van der Waals surface area contributed by atoms with Gasteiger partial charge < -0.3 is 36.2 Å².